The summed E-state index contributed by atoms with van der Waals surface area (Å²) in [6.07, 6.45) is 0. The van der Waals surface area contributed by atoms with E-state index in [0.29, 0.717) is 5.95 Å². The molecule has 2 aromatic rings. The average molecular weight is 289 g/mol. The van der Waals surface area contributed by atoms with Crippen molar-refractivity contribution in [1.82, 2.24) is 15.0 Å². The first-order chi connectivity index (χ1) is 10.0. The lowest BCUT2D eigenvalue weighted by Gasteiger charge is -2.12. The van der Waals surface area contributed by atoms with Gasteiger partial charge in [-0.1, -0.05) is 6.07 Å². The van der Waals surface area contributed by atoms with Crippen molar-refractivity contribution in [3.63, 3.8) is 0 Å². The van der Waals surface area contributed by atoms with Gasteiger partial charge >= 0.3 is 6.01 Å². The zero-order valence-electron chi connectivity index (χ0n) is 11.3. The molecule has 1 heterocycles. The van der Waals surface area contributed by atoms with Crippen LogP contribution in [0.5, 0.6) is 11.8 Å². The van der Waals surface area contributed by atoms with E-state index in [1.165, 1.54) is 12.1 Å². The molecule has 0 bridgehead atoms. The number of hydrogen-bond acceptors (Lipinski definition) is 8. The molecule has 9 heteroatoms. The highest BCUT2D eigenvalue weighted by atomic mass is 19.1. The van der Waals surface area contributed by atoms with Gasteiger partial charge in [0, 0.05) is 14.1 Å². The summed E-state index contributed by atoms with van der Waals surface area (Å²) in [4.78, 5) is 13.5. The molecule has 8 nitrogen and oxygen atoms in total. The second-order valence-electron chi connectivity index (χ2n) is 4.11. The van der Waals surface area contributed by atoms with E-state index < -0.39 is 5.82 Å². The minimum atomic E-state index is -0.686. The first kappa shape index (κ1) is 14.4. The Hall–Kier alpha value is -2.99. The predicted molar refractivity (Wildman–Crippen MR) is 73.2 cm³/mol. The Bertz CT molecular complexity index is 698. The number of nitrogens with one attached hydrogen (secondary N) is 1. The smallest absolute Gasteiger partial charge is 0.328 e. The third-order valence-electron chi connectivity index (χ3n) is 2.42. The van der Waals surface area contributed by atoms with Crippen LogP contribution in [-0.2, 0) is 0 Å². The molecule has 0 fully saturated rings. The Morgan fingerprint density at radius 1 is 1.33 bits per heavy atom. The van der Waals surface area contributed by atoms with Crippen molar-refractivity contribution in [2.45, 2.75) is 0 Å². The maximum atomic E-state index is 13.5. The molecule has 0 saturated heterocycles. The van der Waals surface area contributed by atoms with Gasteiger partial charge in [0.2, 0.25) is 11.9 Å². The first-order valence-electron chi connectivity index (χ1n) is 5.81. The van der Waals surface area contributed by atoms with Gasteiger partial charge in [0.1, 0.15) is 17.4 Å². The van der Waals surface area contributed by atoms with Crippen LogP contribution in [0, 0.1) is 17.1 Å². The molecule has 108 valence electrons. The van der Waals surface area contributed by atoms with Gasteiger partial charge in [0.15, 0.2) is 5.75 Å². The largest absolute Gasteiger partial charge is 0.423 e. The number of rotatable bonds is 4. The van der Waals surface area contributed by atoms with Crippen LogP contribution in [0.15, 0.2) is 18.2 Å². The molecule has 0 aliphatic rings. The second kappa shape index (κ2) is 5.98. The van der Waals surface area contributed by atoms with Crippen LogP contribution in [0.4, 0.5) is 16.3 Å². The molecular weight excluding hydrogens is 277 g/mol. The number of aromatic nitrogens is 3. The van der Waals surface area contributed by atoms with E-state index in [4.69, 9.17) is 15.8 Å². The van der Waals surface area contributed by atoms with Gasteiger partial charge in [-0.25, -0.2) is 10.2 Å². The molecule has 3 N–H and O–H groups in total. The summed E-state index contributed by atoms with van der Waals surface area (Å²) in [5, 5.41) is 8.96. The standard InChI is InChI=1S/C12H12FN7O/c1-20(2)11-16-10(19-15)17-12(18-11)21-9-5-3-4-8(13)7(9)6-14/h3-5H,15H2,1-2H3,(H,16,17,18,19). The quantitative estimate of drug-likeness (QED) is 0.633. The van der Waals surface area contributed by atoms with E-state index in [9.17, 15) is 4.39 Å². The number of benzene rings is 1. The normalized spacial score (nSPS) is 9.86. The van der Waals surface area contributed by atoms with Crippen molar-refractivity contribution >= 4 is 11.9 Å². The molecule has 0 aliphatic carbocycles. The molecule has 0 atom stereocenters. The van der Waals surface area contributed by atoms with Gasteiger partial charge in [0.25, 0.3) is 0 Å². The molecule has 21 heavy (non-hydrogen) atoms. The Morgan fingerprint density at radius 2 is 2.10 bits per heavy atom. The van der Waals surface area contributed by atoms with Gasteiger partial charge < -0.3 is 9.64 Å². The van der Waals surface area contributed by atoms with Gasteiger partial charge in [-0.2, -0.15) is 20.2 Å². The molecule has 0 aliphatic heterocycles. The molecule has 1 aromatic carbocycles. The fourth-order valence-corrected chi connectivity index (χ4v) is 1.45. The van der Waals surface area contributed by atoms with Gasteiger partial charge in [-0.05, 0) is 12.1 Å². The van der Waals surface area contributed by atoms with Crippen molar-refractivity contribution in [3.05, 3.63) is 29.6 Å². The van der Waals surface area contributed by atoms with Gasteiger partial charge in [-0.3, -0.25) is 5.43 Å². The second-order valence-corrected chi connectivity index (χ2v) is 4.11. The van der Waals surface area contributed by atoms with Crippen LogP contribution in [0.2, 0.25) is 0 Å². The monoisotopic (exact) mass is 289 g/mol. The third kappa shape index (κ3) is 3.13. The van der Waals surface area contributed by atoms with Crippen LogP contribution in [-0.4, -0.2) is 29.0 Å². The first-order valence-corrected chi connectivity index (χ1v) is 5.81. The highest BCUT2D eigenvalue weighted by Crippen LogP contribution is 2.25. The number of anilines is 2. The van der Waals surface area contributed by atoms with Crippen molar-refractivity contribution in [2.75, 3.05) is 24.4 Å². The molecule has 2 rings (SSSR count). The maximum absolute atomic E-state index is 13.5. The zero-order valence-corrected chi connectivity index (χ0v) is 11.3. The van der Waals surface area contributed by atoms with E-state index >= 15 is 0 Å². The van der Waals surface area contributed by atoms with E-state index in [0.717, 1.165) is 6.07 Å². The summed E-state index contributed by atoms with van der Waals surface area (Å²) < 4.78 is 18.9. The minimum Gasteiger partial charge on any atom is -0.423 e. The SMILES string of the molecule is CN(C)c1nc(NN)nc(Oc2cccc(F)c2C#N)n1. The van der Waals surface area contributed by atoms with Crippen LogP contribution in [0.25, 0.3) is 0 Å². The zero-order chi connectivity index (χ0) is 15.4. The van der Waals surface area contributed by atoms with Gasteiger partial charge in [-0.15, -0.1) is 0 Å². The summed E-state index contributed by atoms with van der Waals surface area (Å²) in [7, 11) is 3.45. The van der Waals surface area contributed by atoms with Crippen LogP contribution >= 0.6 is 0 Å². The highest BCUT2D eigenvalue weighted by Gasteiger charge is 2.14. The average Bonchev–Trinajstić information content (AvgIpc) is 2.47. The summed E-state index contributed by atoms with van der Waals surface area (Å²) in [6.45, 7) is 0. The van der Waals surface area contributed by atoms with Crippen molar-refractivity contribution in [1.29, 1.82) is 5.26 Å². The summed E-state index contributed by atoms with van der Waals surface area (Å²) >= 11 is 0. The van der Waals surface area contributed by atoms with E-state index in [1.54, 1.807) is 25.1 Å². The molecule has 0 amide bonds. The minimum absolute atomic E-state index is 0.0105. The molecule has 0 unspecified atom stereocenters. The van der Waals surface area contributed by atoms with Crippen LogP contribution in [0.3, 0.4) is 0 Å². The number of nitrogen functional groups attached to an aromatic ring is 1. The number of halogens is 1. The molecule has 0 radical (unpaired) electrons. The molecule has 0 spiro atoms. The highest BCUT2D eigenvalue weighted by molar-refractivity contribution is 5.45. The van der Waals surface area contributed by atoms with Crippen molar-refractivity contribution in [2.24, 2.45) is 5.84 Å². The van der Waals surface area contributed by atoms with Crippen molar-refractivity contribution in [3.8, 4) is 17.8 Å². The lowest BCUT2D eigenvalue weighted by atomic mass is 10.2. The number of nitrogens with zero attached hydrogens (tertiary/aromatic N) is 5. The predicted octanol–water partition coefficient (Wildman–Crippen LogP) is 1.03. The number of nitrogens with two attached hydrogens (primary N) is 1. The van der Waals surface area contributed by atoms with Crippen LogP contribution < -0.4 is 20.9 Å². The van der Waals surface area contributed by atoms with E-state index in [-0.39, 0.29) is 23.3 Å². The number of ether oxygens (including phenoxy) is 1. The number of hydrogen-bond donors (Lipinski definition) is 2. The topological polar surface area (TPSA) is 113 Å². The van der Waals surface area contributed by atoms with Gasteiger partial charge in [0.05, 0.1) is 0 Å². The van der Waals surface area contributed by atoms with Crippen LogP contribution in [0.1, 0.15) is 5.56 Å². The lowest BCUT2D eigenvalue weighted by Crippen LogP contribution is -2.17. The maximum Gasteiger partial charge on any atom is 0.328 e. The van der Waals surface area contributed by atoms with E-state index in [1.807, 2.05) is 0 Å². The fraction of sp³-hybridized carbons (Fsp3) is 0.167. The lowest BCUT2D eigenvalue weighted by molar-refractivity contribution is 0.435. The van der Waals surface area contributed by atoms with Crippen molar-refractivity contribution < 1.29 is 9.13 Å². The summed E-state index contributed by atoms with van der Waals surface area (Å²) in [5.74, 6) is 4.97. The number of nitriles is 1. The molecule has 0 saturated carbocycles. The summed E-state index contributed by atoms with van der Waals surface area (Å²) in [5.41, 5.74) is 2.05. The Labute approximate surface area is 120 Å². The molecular formula is C12H12FN7O. The Kier molecular flexibility index (Phi) is 4.10. The third-order valence-corrected chi connectivity index (χ3v) is 2.42. The summed E-state index contributed by atoms with van der Waals surface area (Å²) in [6, 6.07) is 5.64. The van der Waals surface area contributed by atoms with E-state index in [2.05, 4.69) is 20.4 Å². The Morgan fingerprint density at radius 3 is 2.71 bits per heavy atom. The molecule has 1 aromatic heterocycles. The fourth-order valence-electron chi connectivity index (χ4n) is 1.45. The number of hydrazine groups is 1. The Balaban J connectivity index is 2.42.